The van der Waals surface area contributed by atoms with Crippen LogP contribution in [-0.4, -0.2) is 159 Å². The number of benzene rings is 2. The first kappa shape index (κ1) is 39.1. The monoisotopic (exact) mass is 794 g/mol. The average Bonchev–Trinajstić information content (AvgIpc) is 2.91. The molecule has 278 valence electrons. The zero-order valence-corrected chi connectivity index (χ0v) is 25.2. The molecule has 0 saturated carbocycles. The van der Waals surface area contributed by atoms with Crippen LogP contribution in [0.2, 0.25) is 0 Å². The van der Waals surface area contributed by atoms with Crippen LogP contribution in [0.4, 0.5) is 15.9 Å². The van der Waals surface area contributed by atoms with E-state index in [1.165, 1.54) is 6.07 Å². The van der Waals surface area contributed by atoms with Crippen molar-refractivity contribution in [2.24, 2.45) is 0 Å². The van der Waals surface area contributed by atoms with Crippen LogP contribution in [0.25, 0.3) is 10.9 Å². The molecule has 1 fully saturated rings. The lowest BCUT2D eigenvalue weighted by Gasteiger charge is -2.64. The third-order valence-corrected chi connectivity index (χ3v) is 7.54. The number of aromatic amines is 1. The molecule has 3 aromatic rings. The van der Waals surface area contributed by atoms with Gasteiger partial charge in [-0.1, -0.05) is 15.9 Å². The maximum absolute atomic E-state index is 14.6. The minimum absolute atomic E-state index is 0.198. The molecular weight excluding hydrogens is 771 g/mol. The van der Waals surface area contributed by atoms with Gasteiger partial charge in [0.1, 0.15) is 17.2 Å². The van der Waals surface area contributed by atoms with Gasteiger partial charge in [0, 0.05) is 4.47 Å². The molecular formula is C22H24BrFN4O22. The number of rotatable bonds is 8. The fraction of sp³-hybridized carbons (Fsp3) is 0.364. The zero-order chi connectivity index (χ0) is 38.6. The number of aromatic nitrogens is 2. The second kappa shape index (κ2) is 11.4. The Morgan fingerprint density at radius 3 is 1.78 bits per heavy atom. The number of phenolic OH excluding ortho intramolecular Hbond substituents is 2. The van der Waals surface area contributed by atoms with Gasteiger partial charge in [-0.25, -0.2) is 9.18 Å². The number of anilines is 2. The molecule has 26 nitrogen and oxygen atoms in total. The van der Waals surface area contributed by atoms with E-state index >= 15 is 0 Å². The summed E-state index contributed by atoms with van der Waals surface area (Å²) in [5.74, 6) is -37.9. The molecule has 0 unspecified atom stereocenters. The van der Waals surface area contributed by atoms with Gasteiger partial charge in [0.15, 0.2) is 11.5 Å². The highest BCUT2D eigenvalue weighted by molar-refractivity contribution is 9.10. The van der Waals surface area contributed by atoms with Crippen LogP contribution in [0.1, 0.15) is 0 Å². The van der Waals surface area contributed by atoms with Crippen molar-refractivity contribution in [1.82, 2.24) is 14.9 Å². The van der Waals surface area contributed by atoms with Gasteiger partial charge >= 0.3 is 23.9 Å². The first-order chi connectivity index (χ1) is 22.3. The van der Waals surface area contributed by atoms with Crippen LogP contribution in [0.3, 0.4) is 0 Å². The highest BCUT2D eigenvalue weighted by Crippen LogP contribution is 2.58. The van der Waals surface area contributed by atoms with Crippen molar-refractivity contribution in [2.45, 2.75) is 47.2 Å². The number of nitrogens with one attached hydrogen (secondary N) is 2. The summed E-state index contributed by atoms with van der Waals surface area (Å²) in [4.78, 5) is 15.5. The first-order valence-electron chi connectivity index (χ1n) is 12.5. The minimum atomic E-state index is -5.82. The topological polar surface area (TPSA) is 464 Å². The van der Waals surface area contributed by atoms with E-state index < -0.39 is 109 Å². The van der Waals surface area contributed by atoms with Gasteiger partial charge in [0.2, 0.25) is 11.5 Å². The van der Waals surface area contributed by atoms with Crippen molar-refractivity contribution in [3.05, 3.63) is 39.0 Å². The van der Waals surface area contributed by atoms with Crippen molar-refractivity contribution in [3.8, 4) is 23.0 Å². The summed E-state index contributed by atoms with van der Waals surface area (Å²) < 4.78 is 23.3. The second-order valence-electron chi connectivity index (χ2n) is 10.4. The van der Waals surface area contributed by atoms with Crippen LogP contribution in [-0.2, 0) is 0 Å². The Hall–Kier alpha value is -3.73. The summed E-state index contributed by atoms with van der Waals surface area (Å²) in [5, 5.41) is 195. The number of aliphatic hydroxyl groups is 17. The molecule has 4 rings (SSSR count). The van der Waals surface area contributed by atoms with Crippen molar-refractivity contribution >= 4 is 38.3 Å². The summed E-state index contributed by atoms with van der Waals surface area (Å²) >= 11 is 2.97. The van der Waals surface area contributed by atoms with Gasteiger partial charge in [-0.15, -0.1) is 4.90 Å². The van der Waals surface area contributed by atoms with Gasteiger partial charge in [-0.2, -0.15) is 4.98 Å². The van der Waals surface area contributed by atoms with E-state index in [0.29, 0.717) is 0 Å². The number of phenols is 2. The Morgan fingerprint density at radius 2 is 1.32 bits per heavy atom. The number of fused-ring (bicyclic) bond motifs is 1. The molecule has 1 saturated heterocycles. The zero-order valence-electron chi connectivity index (χ0n) is 23.6. The molecule has 0 bridgehead atoms. The number of likely N-dealkylation sites (tertiary alicyclic amines) is 1. The number of piperidine rings is 1. The number of halogens is 2. The molecule has 2 heterocycles. The van der Waals surface area contributed by atoms with Gasteiger partial charge in [-0.05, 0) is 18.2 Å². The van der Waals surface area contributed by atoms with Crippen molar-refractivity contribution < 1.29 is 111 Å². The third kappa shape index (κ3) is 5.54. The molecule has 0 atom stereocenters. The Labute approximate surface area is 278 Å². The van der Waals surface area contributed by atoms with Crippen molar-refractivity contribution in [2.75, 3.05) is 5.32 Å². The van der Waals surface area contributed by atoms with Crippen LogP contribution in [0.15, 0.2) is 27.5 Å². The normalized spacial score (nSPS) is 20.1. The second-order valence-corrected chi connectivity index (χ2v) is 11.3. The maximum Gasteiger partial charge on any atom is 0.453 e. The molecule has 28 heteroatoms. The predicted molar refractivity (Wildman–Crippen MR) is 146 cm³/mol. The summed E-state index contributed by atoms with van der Waals surface area (Å²) in [6.07, 6.45) is -9.69. The molecule has 0 radical (unpaired) electrons. The summed E-state index contributed by atoms with van der Waals surface area (Å²) in [5.41, 5.74) is -9.07. The largest absolute Gasteiger partial charge is 0.504 e. The predicted octanol–water partition coefficient (Wildman–Crippen LogP) is -8.76. The van der Waals surface area contributed by atoms with Crippen LogP contribution >= 0.6 is 15.9 Å². The van der Waals surface area contributed by atoms with E-state index in [9.17, 15) is 106 Å². The lowest BCUT2D eigenvalue weighted by atomic mass is 9.72. The van der Waals surface area contributed by atoms with Crippen LogP contribution < -0.4 is 20.5 Å². The molecule has 0 amide bonds. The quantitative estimate of drug-likeness (QED) is 0.0743. The number of aromatic hydroxyl groups is 2. The van der Waals surface area contributed by atoms with E-state index in [0.717, 1.165) is 12.1 Å². The van der Waals surface area contributed by atoms with Crippen LogP contribution in [0.5, 0.6) is 23.0 Å². The standard InChI is InChI=1S/C22H24BrFN4O22/c23-4-1-2-6(5(24)3-4)25-13-7-8(26-14(31)27-13)10(30)12(11(9(7)29)50-22(46,47)48)49-20(41,42)15(32)16(33,34)18(37,38)28(21(43,44)45)19(39,40)17(15,35)36/h1-3,29-30,32-48H,(H2,25,26,27,31). The first-order valence-corrected chi connectivity index (χ1v) is 13.3. The Morgan fingerprint density at radius 1 is 0.820 bits per heavy atom. The maximum atomic E-state index is 14.6. The summed E-state index contributed by atoms with van der Waals surface area (Å²) in [6.45, 7) is 0. The number of nitrogens with zero attached hydrogens (tertiary/aromatic N) is 2. The van der Waals surface area contributed by atoms with E-state index in [4.69, 9.17) is 0 Å². The highest BCUT2D eigenvalue weighted by atomic mass is 79.9. The molecule has 1 aliphatic rings. The molecule has 21 N–H and O–H groups in total. The van der Waals surface area contributed by atoms with Gasteiger partial charge in [0.05, 0.1) is 11.1 Å². The lowest BCUT2D eigenvalue weighted by molar-refractivity contribution is -0.665. The average molecular weight is 795 g/mol. The summed E-state index contributed by atoms with van der Waals surface area (Å²) in [6, 6.07) is 3.17. The Bertz CT molecular complexity index is 1880. The van der Waals surface area contributed by atoms with E-state index in [1.807, 2.05) is 0 Å². The summed E-state index contributed by atoms with van der Waals surface area (Å²) in [7, 11) is 0. The number of hydrogen-bond donors (Lipinski definition) is 21. The third-order valence-electron chi connectivity index (χ3n) is 7.05. The number of H-pyrrole nitrogens is 1. The molecule has 0 aliphatic carbocycles. The SMILES string of the molecule is O=c1nc(Nc2ccc(Br)cc2F)c2c(O)c(OC(O)(O)O)c(OC(O)(O)C3(O)C(O)(O)C(O)(O)N(C(O)(O)O)C(O)(O)C3(O)O)c(O)c2[nH]1. The fourth-order valence-electron chi connectivity index (χ4n) is 4.80. The highest BCUT2D eigenvalue weighted by Gasteiger charge is 2.93. The van der Waals surface area contributed by atoms with Gasteiger partial charge in [-0.3, -0.25) is 0 Å². The Kier molecular flexibility index (Phi) is 8.90. The fourth-order valence-corrected chi connectivity index (χ4v) is 5.14. The lowest BCUT2D eigenvalue weighted by Crippen LogP contribution is -2.99. The van der Waals surface area contributed by atoms with E-state index in [2.05, 4.69) is 35.7 Å². The minimum Gasteiger partial charge on any atom is -0.504 e. The van der Waals surface area contributed by atoms with Gasteiger partial charge in [0.25, 0.3) is 29.0 Å². The molecule has 0 spiro atoms. The smallest absolute Gasteiger partial charge is 0.453 e. The number of hydrogen-bond acceptors (Lipinski definition) is 25. The molecule has 1 aliphatic heterocycles. The Balaban J connectivity index is 2.05. The van der Waals surface area contributed by atoms with Gasteiger partial charge < -0.3 is 117 Å². The van der Waals surface area contributed by atoms with E-state index in [-0.39, 0.29) is 4.47 Å². The number of ether oxygens (including phenoxy) is 2. The molecule has 1 aromatic heterocycles. The van der Waals surface area contributed by atoms with Crippen LogP contribution in [0, 0.1) is 5.82 Å². The van der Waals surface area contributed by atoms with Crippen molar-refractivity contribution in [1.29, 1.82) is 0 Å². The van der Waals surface area contributed by atoms with E-state index in [1.54, 1.807) is 4.98 Å². The molecule has 2 aromatic carbocycles. The molecule has 50 heavy (non-hydrogen) atoms. The van der Waals surface area contributed by atoms with Crippen molar-refractivity contribution in [3.63, 3.8) is 0 Å².